The molecule has 1 rings (SSSR count). The Morgan fingerprint density at radius 2 is 2.38 bits per heavy atom. The van der Waals surface area contributed by atoms with Crippen molar-refractivity contribution in [3.05, 3.63) is 0 Å². The largest absolute Gasteiger partial charge is 0.396 e. The second kappa shape index (κ2) is 4.58. The third-order valence-electron chi connectivity index (χ3n) is 2.39. The Bertz CT molecular complexity index is 184. The predicted octanol–water partition coefficient (Wildman–Crippen LogP) is -0.422. The topological polar surface area (TPSA) is 52.6 Å². The van der Waals surface area contributed by atoms with Crippen molar-refractivity contribution in [3.8, 4) is 0 Å². The van der Waals surface area contributed by atoms with Crippen LogP contribution in [0, 0.1) is 0 Å². The molecule has 1 fully saturated rings. The zero-order valence-electron chi connectivity index (χ0n) is 8.29. The van der Waals surface area contributed by atoms with Gasteiger partial charge in [0.05, 0.1) is 6.04 Å². The van der Waals surface area contributed by atoms with Crippen molar-refractivity contribution in [2.24, 2.45) is 0 Å². The standard InChI is InChI=1S/C9H18N2O2/c1-3-11-6-7(2)10-8(4-5-12)9(11)13/h7-8,10,12H,3-6H2,1-2H3. The van der Waals surface area contributed by atoms with Crippen LogP contribution in [-0.2, 0) is 4.79 Å². The molecule has 13 heavy (non-hydrogen) atoms. The maximum Gasteiger partial charge on any atom is 0.239 e. The molecular weight excluding hydrogens is 168 g/mol. The van der Waals surface area contributed by atoms with E-state index in [-0.39, 0.29) is 18.6 Å². The van der Waals surface area contributed by atoms with Gasteiger partial charge in [0.25, 0.3) is 0 Å². The van der Waals surface area contributed by atoms with Gasteiger partial charge in [0.1, 0.15) is 0 Å². The minimum absolute atomic E-state index is 0.0632. The summed E-state index contributed by atoms with van der Waals surface area (Å²) in [5.41, 5.74) is 0. The third kappa shape index (κ3) is 2.42. The van der Waals surface area contributed by atoms with E-state index in [2.05, 4.69) is 12.2 Å². The van der Waals surface area contributed by atoms with Crippen LogP contribution in [0.2, 0.25) is 0 Å². The molecule has 0 radical (unpaired) electrons. The Kier molecular flexibility index (Phi) is 3.69. The molecule has 2 N–H and O–H groups in total. The van der Waals surface area contributed by atoms with E-state index in [1.807, 2.05) is 11.8 Å². The Hall–Kier alpha value is -0.610. The van der Waals surface area contributed by atoms with Crippen LogP contribution in [0.1, 0.15) is 20.3 Å². The number of rotatable bonds is 3. The summed E-state index contributed by atoms with van der Waals surface area (Å²) in [5.74, 6) is 0.120. The zero-order chi connectivity index (χ0) is 9.84. The van der Waals surface area contributed by atoms with Crippen LogP contribution in [0.4, 0.5) is 0 Å². The first kappa shape index (κ1) is 10.5. The zero-order valence-corrected chi connectivity index (χ0v) is 8.29. The van der Waals surface area contributed by atoms with Gasteiger partial charge in [0, 0.05) is 25.7 Å². The molecule has 0 spiro atoms. The van der Waals surface area contributed by atoms with E-state index in [0.29, 0.717) is 12.5 Å². The monoisotopic (exact) mass is 186 g/mol. The molecule has 2 unspecified atom stereocenters. The van der Waals surface area contributed by atoms with Crippen LogP contribution in [0.25, 0.3) is 0 Å². The van der Waals surface area contributed by atoms with Crippen LogP contribution >= 0.6 is 0 Å². The molecule has 0 aromatic heterocycles. The lowest BCUT2D eigenvalue weighted by Crippen LogP contribution is -2.59. The van der Waals surface area contributed by atoms with Gasteiger partial charge in [0.15, 0.2) is 0 Å². The fourth-order valence-corrected chi connectivity index (χ4v) is 1.73. The molecule has 0 saturated carbocycles. The summed E-state index contributed by atoms with van der Waals surface area (Å²) in [5, 5.41) is 12.0. The molecule has 0 bridgehead atoms. The summed E-state index contributed by atoms with van der Waals surface area (Å²) in [6, 6.07) is 0.142. The number of aliphatic hydroxyl groups excluding tert-OH is 1. The third-order valence-corrected chi connectivity index (χ3v) is 2.39. The van der Waals surface area contributed by atoms with Crippen molar-refractivity contribution >= 4 is 5.91 Å². The fraction of sp³-hybridized carbons (Fsp3) is 0.889. The smallest absolute Gasteiger partial charge is 0.239 e. The molecule has 0 aromatic carbocycles. The van der Waals surface area contributed by atoms with Crippen molar-refractivity contribution < 1.29 is 9.90 Å². The van der Waals surface area contributed by atoms with Crippen LogP contribution < -0.4 is 5.32 Å². The van der Waals surface area contributed by atoms with E-state index in [9.17, 15) is 4.79 Å². The minimum Gasteiger partial charge on any atom is -0.396 e. The number of piperazine rings is 1. The second-order valence-electron chi connectivity index (χ2n) is 3.51. The van der Waals surface area contributed by atoms with Gasteiger partial charge in [-0.3, -0.25) is 4.79 Å². The fourth-order valence-electron chi connectivity index (χ4n) is 1.73. The summed E-state index contributed by atoms with van der Waals surface area (Å²) in [6.07, 6.45) is 0.514. The van der Waals surface area contributed by atoms with E-state index in [1.54, 1.807) is 0 Å². The Morgan fingerprint density at radius 3 is 2.92 bits per heavy atom. The van der Waals surface area contributed by atoms with Gasteiger partial charge in [-0.15, -0.1) is 0 Å². The van der Waals surface area contributed by atoms with Crippen molar-refractivity contribution in [1.29, 1.82) is 0 Å². The van der Waals surface area contributed by atoms with Crippen molar-refractivity contribution in [1.82, 2.24) is 10.2 Å². The first-order valence-corrected chi connectivity index (χ1v) is 4.84. The van der Waals surface area contributed by atoms with Crippen molar-refractivity contribution in [3.63, 3.8) is 0 Å². The summed E-state index contributed by atoms with van der Waals surface area (Å²) in [6.45, 7) is 5.63. The average Bonchev–Trinajstić information content (AvgIpc) is 2.11. The second-order valence-corrected chi connectivity index (χ2v) is 3.51. The number of amides is 1. The number of carbonyl (C=O) groups is 1. The average molecular weight is 186 g/mol. The Balaban J connectivity index is 2.58. The van der Waals surface area contributed by atoms with Gasteiger partial charge in [-0.1, -0.05) is 0 Å². The van der Waals surface area contributed by atoms with E-state index in [0.717, 1.165) is 13.1 Å². The van der Waals surface area contributed by atoms with Crippen LogP contribution in [0.3, 0.4) is 0 Å². The molecule has 0 aromatic rings. The number of hydrogen-bond donors (Lipinski definition) is 2. The lowest BCUT2D eigenvalue weighted by Gasteiger charge is -2.36. The summed E-state index contributed by atoms with van der Waals surface area (Å²) in [7, 11) is 0. The van der Waals surface area contributed by atoms with Crippen molar-refractivity contribution in [2.45, 2.75) is 32.4 Å². The van der Waals surface area contributed by atoms with Gasteiger partial charge < -0.3 is 15.3 Å². The highest BCUT2D eigenvalue weighted by atomic mass is 16.3. The highest BCUT2D eigenvalue weighted by molar-refractivity contribution is 5.82. The number of carbonyl (C=O) groups excluding carboxylic acids is 1. The molecule has 0 aliphatic carbocycles. The Labute approximate surface area is 78.9 Å². The van der Waals surface area contributed by atoms with Gasteiger partial charge in [-0.05, 0) is 20.3 Å². The lowest BCUT2D eigenvalue weighted by atomic mass is 10.1. The molecule has 1 saturated heterocycles. The normalized spacial score (nSPS) is 29.5. The van der Waals surface area contributed by atoms with Crippen LogP contribution in [0.15, 0.2) is 0 Å². The number of nitrogens with zero attached hydrogens (tertiary/aromatic N) is 1. The summed E-state index contributed by atoms with van der Waals surface area (Å²) < 4.78 is 0. The SMILES string of the molecule is CCN1CC(C)NC(CCO)C1=O. The van der Waals surface area contributed by atoms with Gasteiger partial charge in [0.2, 0.25) is 5.91 Å². The molecule has 1 amide bonds. The maximum absolute atomic E-state index is 11.6. The van der Waals surface area contributed by atoms with E-state index >= 15 is 0 Å². The molecule has 76 valence electrons. The summed E-state index contributed by atoms with van der Waals surface area (Å²) in [4.78, 5) is 13.5. The van der Waals surface area contributed by atoms with E-state index in [1.165, 1.54) is 0 Å². The number of hydrogen-bond acceptors (Lipinski definition) is 3. The van der Waals surface area contributed by atoms with Crippen LogP contribution in [-0.4, -0.2) is 47.7 Å². The quantitative estimate of drug-likeness (QED) is 0.629. The molecule has 2 atom stereocenters. The van der Waals surface area contributed by atoms with E-state index in [4.69, 9.17) is 5.11 Å². The van der Waals surface area contributed by atoms with Crippen LogP contribution in [0.5, 0.6) is 0 Å². The minimum atomic E-state index is -0.186. The first-order chi connectivity index (χ1) is 6.19. The van der Waals surface area contributed by atoms with Crippen molar-refractivity contribution in [2.75, 3.05) is 19.7 Å². The summed E-state index contributed by atoms with van der Waals surface area (Å²) >= 11 is 0. The maximum atomic E-state index is 11.6. The number of nitrogens with one attached hydrogen (secondary N) is 1. The van der Waals surface area contributed by atoms with Gasteiger partial charge >= 0.3 is 0 Å². The number of aliphatic hydroxyl groups is 1. The highest BCUT2D eigenvalue weighted by Crippen LogP contribution is 2.08. The molecule has 4 heteroatoms. The van der Waals surface area contributed by atoms with E-state index < -0.39 is 0 Å². The molecule has 1 heterocycles. The predicted molar refractivity (Wildman–Crippen MR) is 50.3 cm³/mol. The molecule has 1 aliphatic rings. The molecular formula is C9H18N2O2. The lowest BCUT2D eigenvalue weighted by molar-refractivity contribution is -0.137. The van der Waals surface area contributed by atoms with Gasteiger partial charge in [-0.25, -0.2) is 0 Å². The molecule has 1 aliphatic heterocycles. The Morgan fingerprint density at radius 1 is 1.69 bits per heavy atom. The number of likely N-dealkylation sites (N-methyl/N-ethyl adjacent to an activating group) is 1. The highest BCUT2D eigenvalue weighted by Gasteiger charge is 2.29. The van der Waals surface area contributed by atoms with Gasteiger partial charge in [-0.2, -0.15) is 0 Å². The first-order valence-electron chi connectivity index (χ1n) is 4.84. The molecule has 4 nitrogen and oxygen atoms in total.